The fourth-order valence-corrected chi connectivity index (χ4v) is 4.90. The van der Waals surface area contributed by atoms with Crippen LogP contribution in [0.3, 0.4) is 0 Å². The van der Waals surface area contributed by atoms with Crippen molar-refractivity contribution >= 4 is 49.4 Å². The molecule has 8 heteroatoms. The average Bonchev–Trinajstić information content (AvgIpc) is 3.27. The molecule has 0 spiro atoms. The van der Waals surface area contributed by atoms with E-state index in [1.807, 2.05) is 54.6 Å². The van der Waals surface area contributed by atoms with Gasteiger partial charge in [0.25, 0.3) is 4.74 Å². The van der Waals surface area contributed by atoms with Crippen LogP contribution in [0, 0.1) is 11.3 Å². The van der Waals surface area contributed by atoms with Crippen molar-refractivity contribution < 1.29 is 14.6 Å². The van der Waals surface area contributed by atoms with E-state index in [2.05, 4.69) is 12.6 Å². The summed E-state index contributed by atoms with van der Waals surface area (Å²) in [5, 5.41) is 16.8. The molecule has 0 amide bonds. The molecule has 0 bridgehead atoms. The second-order valence-corrected chi connectivity index (χ2v) is 9.35. The van der Waals surface area contributed by atoms with Gasteiger partial charge in [0.05, 0.1) is 17.0 Å². The number of phenols is 1. The number of nitriles is 1. The molecule has 5 nitrogen and oxygen atoms in total. The Morgan fingerprint density at radius 1 is 0.816 bits per heavy atom. The summed E-state index contributed by atoms with van der Waals surface area (Å²) >= 11 is 4.20. The van der Waals surface area contributed by atoms with Gasteiger partial charge in [0.15, 0.2) is 0 Å². The molecule has 0 fully saturated rings. The van der Waals surface area contributed by atoms with E-state index in [1.165, 1.54) is 17.3 Å². The van der Waals surface area contributed by atoms with Crippen LogP contribution in [0.5, 0.6) is 11.5 Å². The Morgan fingerprint density at radius 3 is 1.84 bits per heavy atom. The number of thiol groups is 1. The molecule has 0 saturated heterocycles. The van der Waals surface area contributed by atoms with Gasteiger partial charge in [-0.15, -0.1) is 12.6 Å². The van der Waals surface area contributed by atoms with Crippen LogP contribution >= 0.6 is 33.3 Å². The average molecular weight is 566 g/mol. The monoisotopic (exact) mass is 565 g/mol. The van der Waals surface area contributed by atoms with E-state index >= 15 is 0 Å². The molecular formula is C30H31NO4S3. The normalized spacial score (nSPS) is 8.66. The molecule has 0 unspecified atom stereocenters. The Morgan fingerprint density at radius 2 is 1.32 bits per heavy atom. The third-order valence-corrected chi connectivity index (χ3v) is 6.77. The Balaban J connectivity index is 0.000000536. The first-order valence-corrected chi connectivity index (χ1v) is 13.1. The smallest absolute Gasteiger partial charge is 0.344 e. The van der Waals surface area contributed by atoms with Crippen LogP contribution in [-0.2, 0) is 0 Å². The number of ether oxygens (including phenoxy) is 1. The molecule has 5 aromatic rings. The molecule has 0 aliphatic rings. The topological polar surface area (TPSA) is 87.4 Å². The van der Waals surface area contributed by atoms with Gasteiger partial charge in [-0.3, -0.25) is 4.79 Å². The van der Waals surface area contributed by atoms with Crippen LogP contribution in [0.25, 0.3) is 10.1 Å². The lowest BCUT2D eigenvalue weighted by molar-refractivity contribution is 0.0731. The summed E-state index contributed by atoms with van der Waals surface area (Å²) in [5.41, 5.74) is 0.467. The summed E-state index contributed by atoms with van der Waals surface area (Å²) in [7, 11) is 2.85. The Bertz CT molecular complexity index is 1440. The molecule has 5 rings (SSSR count). The zero-order valence-electron chi connectivity index (χ0n) is 19.3. The minimum atomic E-state index is -0.392. The zero-order valence-corrected chi connectivity index (χ0v) is 21.8. The Labute approximate surface area is 237 Å². The van der Waals surface area contributed by atoms with Crippen molar-refractivity contribution in [2.45, 2.75) is 26.7 Å². The van der Waals surface area contributed by atoms with Gasteiger partial charge in [0, 0.05) is 16.5 Å². The minimum Gasteiger partial charge on any atom is -0.508 e. The summed E-state index contributed by atoms with van der Waals surface area (Å²) < 4.78 is 6.47. The molecule has 1 N–H and O–H groups in total. The van der Waals surface area contributed by atoms with Crippen LogP contribution in [0.1, 0.15) is 32.1 Å². The van der Waals surface area contributed by atoms with Crippen molar-refractivity contribution in [2.24, 2.45) is 0 Å². The molecular weight excluding hydrogens is 535 g/mol. The highest BCUT2D eigenvalue weighted by atomic mass is 32.9. The molecule has 1 aromatic heterocycles. The summed E-state index contributed by atoms with van der Waals surface area (Å²) in [6.07, 6.45) is 0. The number of para-hydroxylation sites is 2. The molecule has 38 heavy (non-hydrogen) atoms. The number of benzene rings is 4. The van der Waals surface area contributed by atoms with Crippen molar-refractivity contribution in [3.05, 3.63) is 124 Å². The Kier molecular flexibility index (Phi) is 17.3. The first-order chi connectivity index (χ1) is 17.5. The van der Waals surface area contributed by atoms with E-state index in [0.29, 0.717) is 22.0 Å². The molecule has 0 atom stereocenters. The maximum absolute atomic E-state index is 11.8. The number of fused-ring (bicyclic) bond motifs is 1. The third kappa shape index (κ3) is 11.9. The first kappa shape index (κ1) is 34.1. The molecule has 1 heterocycles. The van der Waals surface area contributed by atoms with Gasteiger partial charge in [-0.2, -0.15) is 5.26 Å². The number of hydrogen-bond donors (Lipinski definition) is 2. The lowest BCUT2D eigenvalue weighted by atomic mass is 10.2. The summed E-state index contributed by atoms with van der Waals surface area (Å²) in [4.78, 5) is 23.4. The van der Waals surface area contributed by atoms with Gasteiger partial charge < -0.3 is 9.84 Å². The van der Waals surface area contributed by atoms with E-state index < -0.39 is 5.97 Å². The lowest BCUT2D eigenvalue weighted by Gasteiger charge is -2.05. The Hall–Kier alpha value is -3.90. The quantitative estimate of drug-likeness (QED) is 0.0967. The lowest BCUT2D eigenvalue weighted by Crippen LogP contribution is -2.09. The van der Waals surface area contributed by atoms with Gasteiger partial charge in [0.1, 0.15) is 11.5 Å². The number of phenolic OH excluding ortho intramolecular Hbond substituents is 1. The van der Waals surface area contributed by atoms with Crippen molar-refractivity contribution in [3.63, 3.8) is 0 Å². The van der Waals surface area contributed by atoms with Gasteiger partial charge in [-0.1, -0.05) is 85.9 Å². The van der Waals surface area contributed by atoms with E-state index in [4.69, 9.17) is 15.1 Å². The fraction of sp³-hybridized carbons (Fsp3) is 0.100. The zero-order chi connectivity index (χ0) is 26.2. The summed E-state index contributed by atoms with van der Waals surface area (Å²) in [5.74, 6) is 0.461. The highest BCUT2D eigenvalue weighted by Gasteiger charge is 2.10. The number of hydrogen-bond acceptors (Lipinski definition) is 8. The van der Waals surface area contributed by atoms with E-state index in [1.54, 1.807) is 71.0 Å². The summed E-state index contributed by atoms with van der Waals surface area (Å²) in [6, 6.07) is 34.1. The molecule has 198 valence electrons. The molecule has 0 saturated carbocycles. The van der Waals surface area contributed by atoms with Gasteiger partial charge in [-0.25, -0.2) is 4.79 Å². The minimum absolute atomic E-state index is 0. The number of nitrogens with zero attached hydrogens (tertiary/aromatic N) is 1. The number of esters is 1. The van der Waals surface area contributed by atoms with E-state index in [9.17, 15) is 9.59 Å². The molecule has 0 radical (unpaired) electrons. The van der Waals surface area contributed by atoms with Crippen LogP contribution in [0.4, 0.5) is 0 Å². The van der Waals surface area contributed by atoms with Crippen LogP contribution in [0.15, 0.2) is 119 Å². The maximum atomic E-state index is 11.8. The summed E-state index contributed by atoms with van der Waals surface area (Å²) in [6.45, 7) is 1.43. The highest BCUT2D eigenvalue weighted by Crippen LogP contribution is 2.19. The number of carbonyl (C=O) groups is 1. The first-order valence-electron chi connectivity index (χ1n) is 10.5. The molecule has 4 aromatic carbocycles. The maximum Gasteiger partial charge on any atom is 0.344 e. The van der Waals surface area contributed by atoms with Crippen molar-refractivity contribution in [1.82, 2.24) is 0 Å². The van der Waals surface area contributed by atoms with Crippen molar-refractivity contribution in [2.75, 3.05) is 0 Å². The van der Waals surface area contributed by atoms with E-state index in [-0.39, 0.29) is 19.6 Å². The fourth-order valence-electron chi connectivity index (χ4n) is 2.56. The predicted molar refractivity (Wildman–Crippen MR) is 164 cm³/mol. The van der Waals surface area contributed by atoms with Crippen LogP contribution in [0.2, 0.25) is 0 Å². The highest BCUT2D eigenvalue weighted by molar-refractivity contribution is 7.80. The van der Waals surface area contributed by atoms with Gasteiger partial charge >= 0.3 is 5.97 Å². The van der Waals surface area contributed by atoms with Crippen molar-refractivity contribution in [3.8, 4) is 17.6 Å². The van der Waals surface area contributed by atoms with E-state index in [0.717, 1.165) is 10.1 Å². The van der Waals surface area contributed by atoms with Crippen molar-refractivity contribution in [1.29, 1.82) is 5.26 Å². The predicted octanol–water partition coefficient (Wildman–Crippen LogP) is 8.71. The third-order valence-electron chi connectivity index (χ3n) is 4.15. The second-order valence-electron chi connectivity index (χ2n) is 6.73. The standard InChI is InChI=1S/C13H10O2S.C7H4OS2.C6H6O.C2H3N.2CH4/c14-13(11-8-4-5-9-12(11)16)15-10-6-2-1-3-7-10;8-7-5-3-1-2-4-6(5)9-10-7;7-6-4-2-1-3-5-6;1-2-3;;/h1-9,16H;1-4H;1-5,7H;1H3;2*1H4. The van der Waals surface area contributed by atoms with Gasteiger partial charge in [-0.05, 0) is 58.9 Å². The molecule has 0 aliphatic heterocycles. The number of rotatable bonds is 2. The van der Waals surface area contributed by atoms with Crippen LogP contribution in [-0.4, -0.2) is 11.1 Å². The number of carbonyl (C=O) groups excluding carboxylic acids is 1. The number of aromatic hydroxyl groups is 1. The SMILES string of the molecule is C.C.CC#N.O=C(Oc1ccccc1)c1ccccc1S.O=c1ssc2ccccc12.Oc1ccccc1. The molecule has 0 aliphatic carbocycles. The van der Waals surface area contributed by atoms with Gasteiger partial charge in [0.2, 0.25) is 0 Å². The second kappa shape index (κ2) is 19.2. The largest absolute Gasteiger partial charge is 0.508 e. The van der Waals surface area contributed by atoms with Crippen LogP contribution < -0.4 is 9.48 Å².